The van der Waals surface area contributed by atoms with Crippen LogP contribution >= 0.6 is 0 Å². The van der Waals surface area contributed by atoms with Gasteiger partial charge in [0.1, 0.15) is 0 Å². The molecule has 1 aliphatic heterocycles. The van der Waals surface area contributed by atoms with Crippen LogP contribution in [0.15, 0.2) is 10.9 Å². The minimum atomic E-state index is -0.525. The van der Waals surface area contributed by atoms with Crippen LogP contribution in [0.1, 0.15) is 6.42 Å². The number of carbonyl (C=O) groups is 1. The van der Waals surface area contributed by atoms with Crippen molar-refractivity contribution in [3.63, 3.8) is 0 Å². The van der Waals surface area contributed by atoms with Crippen molar-refractivity contribution in [1.29, 1.82) is 0 Å². The minimum absolute atomic E-state index is 0.0194. The number of aliphatic hydroxyl groups is 1. The van der Waals surface area contributed by atoms with Crippen molar-refractivity contribution in [2.45, 2.75) is 6.42 Å². The monoisotopic (exact) mass is 225 g/mol. The number of aromatic hydroxyl groups is 1. The summed E-state index contributed by atoms with van der Waals surface area (Å²) < 4.78 is 0. The van der Waals surface area contributed by atoms with Crippen molar-refractivity contribution in [3.8, 4) is 5.88 Å². The third-order valence-corrected chi connectivity index (χ3v) is 2.43. The van der Waals surface area contributed by atoms with E-state index in [4.69, 9.17) is 10.2 Å². The van der Waals surface area contributed by atoms with Gasteiger partial charge in [0.2, 0.25) is 17.7 Å². The summed E-state index contributed by atoms with van der Waals surface area (Å²) in [5.74, 6) is -0.794. The number of hydrogen-bond acceptors (Lipinski definition) is 5. The van der Waals surface area contributed by atoms with Gasteiger partial charge in [0.15, 0.2) is 0 Å². The van der Waals surface area contributed by atoms with Crippen LogP contribution in [0.2, 0.25) is 0 Å². The molecule has 0 aromatic carbocycles. The molecule has 0 saturated carbocycles. The lowest BCUT2D eigenvalue weighted by Gasteiger charge is -2.14. The van der Waals surface area contributed by atoms with Gasteiger partial charge >= 0.3 is 0 Å². The molecular formula is C9H11N3O4. The molecule has 0 bridgehead atoms. The summed E-state index contributed by atoms with van der Waals surface area (Å²) in [7, 11) is 0. The zero-order chi connectivity index (χ0) is 11.7. The first-order chi connectivity index (χ1) is 7.60. The Morgan fingerprint density at radius 1 is 1.56 bits per heavy atom. The minimum Gasteiger partial charge on any atom is -0.493 e. The molecule has 1 saturated heterocycles. The Hall–Kier alpha value is -1.89. The van der Waals surface area contributed by atoms with E-state index in [1.54, 1.807) is 0 Å². The van der Waals surface area contributed by atoms with Crippen molar-refractivity contribution in [2.24, 2.45) is 5.92 Å². The molecule has 0 aliphatic carbocycles. The first-order valence-electron chi connectivity index (χ1n) is 4.81. The van der Waals surface area contributed by atoms with Crippen molar-refractivity contribution in [2.75, 3.05) is 18.1 Å². The van der Waals surface area contributed by atoms with E-state index in [0.717, 1.165) is 6.07 Å². The Labute approximate surface area is 90.4 Å². The summed E-state index contributed by atoms with van der Waals surface area (Å²) in [5.41, 5.74) is -0.525. The molecule has 3 N–H and O–H groups in total. The van der Waals surface area contributed by atoms with Crippen LogP contribution in [0, 0.1) is 5.92 Å². The van der Waals surface area contributed by atoms with Gasteiger partial charge in [-0.05, 0) is 0 Å². The summed E-state index contributed by atoms with van der Waals surface area (Å²) in [6.45, 7) is 0.201. The number of amides is 1. The third kappa shape index (κ3) is 1.89. The summed E-state index contributed by atoms with van der Waals surface area (Å²) in [6.07, 6.45) is 0.218. The zero-order valence-corrected chi connectivity index (χ0v) is 8.38. The molecule has 86 valence electrons. The molecule has 0 spiro atoms. The maximum atomic E-state index is 11.5. The standard InChI is InChI=1S/C9H11N3O4/c13-4-5-1-8(16)12(3-5)9-10-6(14)2-7(15)11-9/h2,5,13H,1,3-4H2,(H2,10,11,14,15). The maximum Gasteiger partial charge on any atom is 0.256 e. The van der Waals surface area contributed by atoms with Gasteiger partial charge in [0.05, 0.1) is 6.07 Å². The third-order valence-electron chi connectivity index (χ3n) is 2.43. The Balaban J connectivity index is 2.31. The van der Waals surface area contributed by atoms with Crippen molar-refractivity contribution in [1.82, 2.24) is 9.97 Å². The van der Waals surface area contributed by atoms with E-state index >= 15 is 0 Å². The highest BCUT2D eigenvalue weighted by Gasteiger charge is 2.31. The van der Waals surface area contributed by atoms with Gasteiger partial charge in [-0.3, -0.25) is 19.5 Å². The average molecular weight is 225 g/mol. The Bertz CT molecular complexity index is 470. The zero-order valence-electron chi connectivity index (χ0n) is 8.38. The molecule has 1 amide bonds. The quantitative estimate of drug-likeness (QED) is 0.587. The number of hydrogen-bond donors (Lipinski definition) is 3. The molecule has 1 aromatic rings. The molecule has 1 fully saturated rings. The Kier molecular flexibility index (Phi) is 2.61. The smallest absolute Gasteiger partial charge is 0.256 e. The van der Waals surface area contributed by atoms with Gasteiger partial charge in [-0.25, -0.2) is 0 Å². The largest absolute Gasteiger partial charge is 0.493 e. The molecule has 16 heavy (non-hydrogen) atoms. The topological polar surface area (TPSA) is 107 Å². The number of aliphatic hydroxyl groups excluding tert-OH is 1. The van der Waals surface area contributed by atoms with E-state index in [0.29, 0.717) is 6.54 Å². The van der Waals surface area contributed by atoms with Crippen LogP contribution in [0.3, 0.4) is 0 Å². The number of nitrogens with zero attached hydrogens (tertiary/aromatic N) is 2. The molecule has 7 heteroatoms. The fraction of sp³-hybridized carbons (Fsp3) is 0.444. The Morgan fingerprint density at radius 3 is 2.88 bits per heavy atom. The van der Waals surface area contributed by atoms with E-state index in [9.17, 15) is 9.59 Å². The van der Waals surface area contributed by atoms with Crippen molar-refractivity contribution in [3.05, 3.63) is 16.4 Å². The highest BCUT2D eigenvalue weighted by atomic mass is 16.3. The average Bonchev–Trinajstić information content (AvgIpc) is 2.58. The lowest BCUT2D eigenvalue weighted by atomic mass is 10.1. The number of H-pyrrole nitrogens is 1. The molecule has 0 radical (unpaired) electrons. The molecule has 2 rings (SSSR count). The van der Waals surface area contributed by atoms with Crippen molar-refractivity contribution >= 4 is 11.9 Å². The molecule has 1 atom stereocenters. The summed E-state index contributed by atoms with van der Waals surface area (Å²) in [6, 6.07) is 0.924. The second-order valence-electron chi connectivity index (χ2n) is 3.68. The van der Waals surface area contributed by atoms with Gasteiger partial charge in [-0.1, -0.05) is 0 Å². The number of nitrogens with one attached hydrogen (secondary N) is 1. The van der Waals surface area contributed by atoms with Crippen LogP contribution in [0.5, 0.6) is 5.88 Å². The number of anilines is 1. The maximum absolute atomic E-state index is 11.5. The SMILES string of the molecule is O=C1CC(CO)CN1c1nc(O)cc(=O)[nH]1. The molecule has 1 unspecified atom stereocenters. The summed E-state index contributed by atoms with van der Waals surface area (Å²) in [5, 5.41) is 18.1. The van der Waals surface area contributed by atoms with E-state index in [1.807, 2.05) is 0 Å². The van der Waals surface area contributed by atoms with Crippen LogP contribution in [-0.4, -0.2) is 39.2 Å². The van der Waals surface area contributed by atoms with E-state index < -0.39 is 11.4 Å². The fourth-order valence-electron chi connectivity index (χ4n) is 1.67. The van der Waals surface area contributed by atoms with Gasteiger partial charge in [0.25, 0.3) is 5.56 Å². The summed E-state index contributed by atoms with van der Waals surface area (Å²) in [4.78, 5) is 29.9. The number of aromatic amines is 1. The fourth-order valence-corrected chi connectivity index (χ4v) is 1.67. The van der Waals surface area contributed by atoms with Gasteiger partial charge < -0.3 is 10.2 Å². The molecule has 1 aromatic heterocycles. The summed E-state index contributed by atoms with van der Waals surface area (Å²) >= 11 is 0. The van der Waals surface area contributed by atoms with Crippen LogP contribution in [0.4, 0.5) is 5.95 Å². The van der Waals surface area contributed by atoms with Crippen LogP contribution in [0.25, 0.3) is 0 Å². The van der Waals surface area contributed by atoms with Crippen molar-refractivity contribution < 1.29 is 15.0 Å². The van der Waals surface area contributed by atoms with E-state index in [2.05, 4.69) is 9.97 Å². The van der Waals surface area contributed by atoms with E-state index in [1.165, 1.54) is 4.90 Å². The van der Waals surface area contributed by atoms with Gasteiger partial charge in [-0.2, -0.15) is 4.98 Å². The molecule has 7 nitrogen and oxygen atoms in total. The normalized spacial score (nSPS) is 20.4. The predicted octanol–water partition coefficient (Wildman–Crippen LogP) is -1.18. The van der Waals surface area contributed by atoms with Crippen LogP contribution < -0.4 is 10.5 Å². The second-order valence-corrected chi connectivity index (χ2v) is 3.68. The highest BCUT2D eigenvalue weighted by molar-refractivity contribution is 5.94. The number of aromatic nitrogens is 2. The number of carbonyl (C=O) groups excluding carboxylic acids is 1. The molecular weight excluding hydrogens is 214 g/mol. The van der Waals surface area contributed by atoms with E-state index in [-0.39, 0.29) is 30.8 Å². The first-order valence-corrected chi connectivity index (χ1v) is 4.81. The van der Waals surface area contributed by atoms with Crippen LogP contribution in [-0.2, 0) is 4.79 Å². The Morgan fingerprint density at radius 2 is 2.31 bits per heavy atom. The molecule has 2 heterocycles. The lowest BCUT2D eigenvalue weighted by molar-refractivity contribution is -0.117. The second kappa shape index (κ2) is 3.93. The predicted molar refractivity (Wildman–Crippen MR) is 54.1 cm³/mol. The van der Waals surface area contributed by atoms with Gasteiger partial charge in [-0.15, -0.1) is 0 Å². The van der Waals surface area contributed by atoms with Gasteiger partial charge in [0, 0.05) is 25.5 Å². The lowest BCUT2D eigenvalue weighted by Crippen LogP contribution is -2.28. The number of rotatable bonds is 2. The first kappa shape index (κ1) is 10.6. The highest BCUT2D eigenvalue weighted by Crippen LogP contribution is 2.21. The molecule has 1 aliphatic rings.